The minimum Gasteiger partial charge on any atom is -0.463 e. The van der Waals surface area contributed by atoms with Crippen molar-refractivity contribution in [2.24, 2.45) is 16.1 Å². The Bertz CT molecular complexity index is 1990. The largest absolute Gasteiger partial charge is 0.463 e. The van der Waals surface area contributed by atoms with Gasteiger partial charge in [-0.05, 0) is 50.6 Å². The summed E-state index contributed by atoms with van der Waals surface area (Å²) in [4.78, 5) is 45.3. The smallest absolute Gasteiger partial charge is 0.335 e. The molecule has 0 saturated heterocycles. The van der Waals surface area contributed by atoms with Gasteiger partial charge >= 0.3 is 12.5 Å². The number of aliphatic imine (C=N–C) groups is 1. The molecular formula is C35H36ClF5N8O3. The Morgan fingerprint density at radius 2 is 1.75 bits per heavy atom. The van der Waals surface area contributed by atoms with Gasteiger partial charge in [0.1, 0.15) is 30.6 Å². The molecule has 17 heteroatoms. The quantitative estimate of drug-likeness (QED) is 0.112. The predicted octanol–water partition coefficient (Wildman–Crippen LogP) is 7.14. The Morgan fingerprint density at radius 3 is 2.37 bits per heavy atom. The van der Waals surface area contributed by atoms with Crippen LogP contribution < -0.4 is 5.73 Å². The van der Waals surface area contributed by atoms with Crippen LogP contribution in [-0.2, 0) is 19.9 Å². The SMILES string of the molecule is CC(F)C(C)(C)CC(=O)OC[C@H](c1ccc(Cl)c(-c2ncnn2C(F)F)c1)N1C(=O)[C@@](CC(C)(C)F)(c2ccc(-c3ncccn3)cc2F)N=C1N. The topological polar surface area (TPSA) is 141 Å². The van der Waals surface area contributed by atoms with Gasteiger partial charge in [-0.15, -0.1) is 0 Å². The van der Waals surface area contributed by atoms with Crippen LogP contribution in [0.2, 0.25) is 5.02 Å². The van der Waals surface area contributed by atoms with Crippen molar-refractivity contribution in [2.75, 3.05) is 6.61 Å². The van der Waals surface area contributed by atoms with E-state index in [1.54, 1.807) is 6.07 Å². The van der Waals surface area contributed by atoms with Crippen LogP contribution in [0.5, 0.6) is 0 Å². The highest BCUT2D eigenvalue weighted by atomic mass is 35.5. The van der Waals surface area contributed by atoms with E-state index < -0.39 is 72.1 Å². The van der Waals surface area contributed by atoms with Crippen molar-refractivity contribution in [1.29, 1.82) is 0 Å². The van der Waals surface area contributed by atoms with E-state index in [0.717, 1.165) is 17.3 Å². The number of halogens is 6. The number of amides is 1. The summed E-state index contributed by atoms with van der Waals surface area (Å²) >= 11 is 6.42. The molecule has 3 heterocycles. The monoisotopic (exact) mass is 746 g/mol. The lowest BCUT2D eigenvalue weighted by atomic mass is 9.80. The number of alkyl halides is 4. The van der Waals surface area contributed by atoms with Crippen LogP contribution in [0.3, 0.4) is 0 Å². The van der Waals surface area contributed by atoms with Crippen molar-refractivity contribution >= 4 is 29.4 Å². The number of carbonyl (C=O) groups is 2. The van der Waals surface area contributed by atoms with Gasteiger partial charge in [-0.1, -0.05) is 43.6 Å². The summed E-state index contributed by atoms with van der Waals surface area (Å²) in [5.74, 6) is -3.31. The molecule has 2 aromatic carbocycles. The van der Waals surface area contributed by atoms with Crippen LogP contribution in [0.15, 0.2) is 66.2 Å². The molecular weight excluding hydrogens is 711 g/mol. The maximum atomic E-state index is 16.1. The Kier molecular flexibility index (Phi) is 10.7. The summed E-state index contributed by atoms with van der Waals surface area (Å²) in [6.45, 7) is 3.06. The fourth-order valence-corrected chi connectivity index (χ4v) is 6.10. The molecule has 0 spiro atoms. The van der Waals surface area contributed by atoms with Crippen molar-refractivity contribution in [3.63, 3.8) is 0 Å². The average Bonchev–Trinajstić information content (AvgIpc) is 3.64. The van der Waals surface area contributed by atoms with Crippen molar-refractivity contribution in [1.82, 2.24) is 29.6 Å². The van der Waals surface area contributed by atoms with Gasteiger partial charge < -0.3 is 10.5 Å². The lowest BCUT2D eigenvalue weighted by Crippen LogP contribution is -2.48. The highest BCUT2D eigenvalue weighted by molar-refractivity contribution is 6.33. The Balaban J connectivity index is 1.62. The minimum atomic E-state index is -3.09. The van der Waals surface area contributed by atoms with Gasteiger partial charge in [-0.2, -0.15) is 18.6 Å². The number of hydrogen-bond donors (Lipinski definition) is 1. The maximum absolute atomic E-state index is 16.1. The van der Waals surface area contributed by atoms with Crippen molar-refractivity contribution < 1.29 is 36.3 Å². The molecule has 5 rings (SSSR count). The molecule has 3 atom stereocenters. The van der Waals surface area contributed by atoms with Crippen LogP contribution >= 0.6 is 11.6 Å². The Hall–Kier alpha value is -4.99. The molecule has 1 aliphatic heterocycles. The zero-order valence-electron chi connectivity index (χ0n) is 28.8. The fraction of sp³-hybridized carbons (Fsp3) is 0.400. The summed E-state index contributed by atoms with van der Waals surface area (Å²) in [6, 6.07) is 8.15. The molecule has 0 fully saturated rings. The van der Waals surface area contributed by atoms with E-state index in [-0.39, 0.29) is 45.3 Å². The first kappa shape index (κ1) is 38.2. The first-order valence-corrected chi connectivity index (χ1v) is 16.4. The molecule has 2 aromatic heterocycles. The first-order valence-electron chi connectivity index (χ1n) is 16.1. The number of carbonyl (C=O) groups excluding carboxylic acids is 2. The highest BCUT2D eigenvalue weighted by Crippen LogP contribution is 2.45. The van der Waals surface area contributed by atoms with Gasteiger partial charge in [0, 0.05) is 40.9 Å². The third-order valence-corrected chi connectivity index (χ3v) is 9.13. The van der Waals surface area contributed by atoms with E-state index in [2.05, 4.69) is 25.0 Å². The number of guanidine groups is 1. The van der Waals surface area contributed by atoms with E-state index in [1.807, 2.05) is 0 Å². The third kappa shape index (κ3) is 7.76. The van der Waals surface area contributed by atoms with E-state index in [4.69, 9.17) is 22.1 Å². The third-order valence-electron chi connectivity index (χ3n) is 8.80. The van der Waals surface area contributed by atoms with E-state index >= 15 is 8.78 Å². The van der Waals surface area contributed by atoms with E-state index in [0.29, 0.717) is 4.68 Å². The number of nitrogens with zero attached hydrogens (tertiary/aromatic N) is 7. The highest BCUT2D eigenvalue weighted by Gasteiger charge is 2.55. The second kappa shape index (κ2) is 14.6. The fourth-order valence-electron chi connectivity index (χ4n) is 5.90. The summed E-state index contributed by atoms with van der Waals surface area (Å²) in [6.07, 6.45) is 1.45. The molecule has 1 amide bonds. The Labute approximate surface area is 301 Å². The Morgan fingerprint density at radius 1 is 1.06 bits per heavy atom. The van der Waals surface area contributed by atoms with Crippen molar-refractivity contribution in [3.05, 3.63) is 83.2 Å². The van der Waals surface area contributed by atoms with Gasteiger partial charge in [0.2, 0.25) is 0 Å². The van der Waals surface area contributed by atoms with Crippen LogP contribution in [0.25, 0.3) is 22.8 Å². The summed E-state index contributed by atoms with van der Waals surface area (Å²) in [7, 11) is 0. The van der Waals surface area contributed by atoms with Gasteiger partial charge in [0.25, 0.3) is 5.91 Å². The van der Waals surface area contributed by atoms with Gasteiger partial charge in [0.15, 0.2) is 23.1 Å². The second-order valence-electron chi connectivity index (χ2n) is 13.7. The van der Waals surface area contributed by atoms with Crippen molar-refractivity contribution in [2.45, 2.75) is 77.4 Å². The summed E-state index contributed by atoms with van der Waals surface area (Å²) < 4.78 is 79.5. The molecule has 276 valence electrons. The number of nitrogens with two attached hydrogens (primary N) is 1. The molecule has 1 unspecified atom stereocenters. The average molecular weight is 747 g/mol. The van der Waals surface area contributed by atoms with Crippen LogP contribution in [0.1, 0.15) is 71.2 Å². The molecule has 0 aliphatic carbocycles. The lowest BCUT2D eigenvalue weighted by Gasteiger charge is -2.34. The first-order chi connectivity index (χ1) is 24.3. The standard InChI is InChI=1S/C35H36ClF5N8O3/c1-19(37)33(2,3)15-27(50)52-16-26(20-8-10-24(36)22(13-20)29-45-18-46-49(29)31(39)40)48-30(51)35(47-32(48)42,17-34(4,5)41)23-9-7-21(14-25(23)38)28-43-11-6-12-44-28/h6-14,18-19,26,31H,15-17H2,1-5H3,(H2,42,47)/t19?,26-,35-/m1/s1. The maximum Gasteiger partial charge on any atom is 0.335 e. The van der Waals surface area contributed by atoms with Gasteiger partial charge in [0.05, 0.1) is 17.5 Å². The van der Waals surface area contributed by atoms with E-state index in [9.17, 15) is 22.8 Å². The molecule has 4 aromatic rings. The number of hydrogen-bond acceptors (Lipinski definition) is 9. The minimum absolute atomic E-state index is 0.0134. The molecule has 0 saturated carbocycles. The number of esters is 1. The van der Waals surface area contributed by atoms with Crippen LogP contribution in [0, 0.1) is 11.2 Å². The molecule has 0 radical (unpaired) electrons. The van der Waals surface area contributed by atoms with E-state index in [1.165, 1.54) is 77.3 Å². The molecule has 11 nitrogen and oxygen atoms in total. The normalized spacial score (nSPS) is 17.7. The zero-order chi connectivity index (χ0) is 38.2. The lowest BCUT2D eigenvalue weighted by molar-refractivity contribution is -0.150. The van der Waals surface area contributed by atoms with Gasteiger partial charge in [-0.3, -0.25) is 14.5 Å². The van der Waals surface area contributed by atoms with Crippen LogP contribution in [-0.4, -0.2) is 65.9 Å². The number of aromatic nitrogens is 5. The van der Waals surface area contributed by atoms with Crippen LogP contribution in [0.4, 0.5) is 22.0 Å². The van der Waals surface area contributed by atoms with Crippen molar-refractivity contribution in [3.8, 4) is 22.8 Å². The number of ether oxygens (including phenoxy) is 1. The van der Waals surface area contributed by atoms with Gasteiger partial charge in [-0.25, -0.2) is 33.1 Å². The molecule has 2 N–H and O–H groups in total. The number of benzene rings is 2. The molecule has 0 bridgehead atoms. The predicted molar refractivity (Wildman–Crippen MR) is 182 cm³/mol. The second-order valence-corrected chi connectivity index (χ2v) is 14.1. The summed E-state index contributed by atoms with van der Waals surface area (Å²) in [5.41, 5.74) is 1.06. The zero-order valence-corrected chi connectivity index (χ0v) is 29.6. The summed E-state index contributed by atoms with van der Waals surface area (Å²) in [5, 5.41) is 3.54. The molecule has 1 aliphatic rings. The number of rotatable bonds is 13. The molecule has 52 heavy (non-hydrogen) atoms.